The molecule has 0 bridgehead atoms. The lowest BCUT2D eigenvalue weighted by atomic mass is 10.1. The van der Waals surface area contributed by atoms with Gasteiger partial charge in [0.1, 0.15) is 11.3 Å². The van der Waals surface area contributed by atoms with E-state index in [0.717, 1.165) is 17.5 Å². The summed E-state index contributed by atoms with van der Waals surface area (Å²) >= 11 is 6.40. The van der Waals surface area contributed by atoms with E-state index in [0.29, 0.717) is 27.7 Å². The van der Waals surface area contributed by atoms with E-state index in [9.17, 15) is 14.9 Å². The first kappa shape index (κ1) is 22.4. The van der Waals surface area contributed by atoms with Gasteiger partial charge in [0, 0.05) is 11.8 Å². The van der Waals surface area contributed by atoms with Gasteiger partial charge in [-0.1, -0.05) is 36.7 Å². The van der Waals surface area contributed by atoms with Crippen molar-refractivity contribution in [3.05, 3.63) is 99.3 Å². The van der Waals surface area contributed by atoms with Crippen molar-refractivity contribution >= 4 is 40.0 Å². The van der Waals surface area contributed by atoms with E-state index < -0.39 is 10.8 Å². The van der Waals surface area contributed by atoms with Crippen molar-refractivity contribution < 1.29 is 18.6 Å². The first-order valence-electron chi connectivity index (χ1n) is 10.8. The number of nitrogens with zero attached hydrogens (tertiary/aromatic N) is 2. The number of hydrogen-bond donors (Lipinski definition) is 1. The van der Waals surface area contributed by atoms with Crippen LogP contribution in [0, 0.1) is 10.1 Å². The number of aryl methyl sites for hydroxylation is 1. The molecule has 0 fully saturated rings. The van der Waals surface area contributed by atoms with Crippen LogP contribution < -0.4 is 5.32 Å². The molecule has 0 aliphatic rings. The molecule has 1 N–H and O–H groups in total. The molecule has 0 radical (unpaired) electrons. The number of halogens is 1. The van der Waals surface area contributed by atoms with Crippen molar-refractivity contribution in [3.8, 4) is 22.8 Å². The molecule has 8 nitrogen and oxygen atoms in total. The maximum Gasteiger partial charge on any atom is 0.291 e. The van der Waals surface area contributed by atoms with E-state index >= 15 is 0 Å². The third-order valence-corrected chi connectivity index (χ3v) is 5.84. The van der Waals surface area contributed by atoms with Crippen molar-refractivity contribution in [2.24, 2.45) is 0 Å². The van der Waals surface area contributed by atoms with E-state index in [1.54, 1.807) is 36.4 Å². The van der Waals surface area contributed by atoms with Gasteiger partial charge in [-0.25, -0.2) is 4.98 Å². The standard InChI is InChI=1S/C26H18ClN3O5/c1-2-15-7-10-23-20(13-15)29-26(35-23)18-14-16(8-9-19(18)27)28-25(31)24-12-11-22(34-24)17-5-3-4-6-21(17)30(32)33/h3-14H,2H2,1H3,(H,28,31). The summed E-state index contributed by atoms with van der Waals surface area (Å²) in [5.41, 5.74) is 3.66. The van der Waals surface area contributed by atoms with Gasteiger partial charge in [0.2, 0.25) is 5.89 Å². The minimum atomic E-state index is -0.520. The van der Waals surface area contributed by atoms with Gasteiger partial charge in [-0.2, -0.15) is 0 Å². The first-order valence-corrected chi connectivity index (χ1v) is 11.1. The van der Waals surface area contributed by atoms with Crippen molar-refractivity contribution in [2.75, 3.05) is 5.32 Å². The Bertz CT molecular complexity index is 1590. The highest BCUT2D eigenvalue weighted by atomic mass is 35.5. The third-order valence-electron chi connectivity index (χ3n) is 5.51. The number of fused-ring (bicyclic) bond motifs is 1. The smallest absolute Gasteiger partial charge is 0.291 e. The highest BCUT2D eigenvalue weighted by molar-refractivity contribution is 6.33. The molecule has 0 atom stereocenters. The van der Waals surface area contributed by atoms with Crippen LogP contribution in [0.4, 0.5) is 11.4 Å². The SMILES string of the molecule is CCc1ccc2oc(-c3cc(NC(=O)c4ccc(-c5ccccc5[N+](=O)[O-])o4)ccc3Cl)nc2c1. The molecule has 0 aliphatic heterocycles. The van der Waals surface area contributed by atoms with Gasteiger partial charge in [0.05, 0.1) is 21.1 Å². The summed E-state index contributed by atoms with van der Waals surface area (Å²) in [6.07, 6.45) is 0.881. The van der Waals surface area contributed by atoms with Gasteiger partial charge in [0.25, 0.3) is 11.6 Å². The molecule has 2 heterocycles. The summed E-state index contributed by atoms with van der Waals surface area (Å²) in [6, 6.07) is 19.9. The van der Waals surface area contributed by atoms with Crippen LogP contribution in [0.1, 0.15) is 23.0 Å². The summed E-state index contributed by atoms with van der Waals surface area (Å²) in [4.78, 5) is 28.2. The number of rotatable bonds is 6. The van der Waals surface area contributed by atoms with Crippen molar-refractivity contribution in [1.29, 1.82) is 0 Å². The van der Waals surface area contributed by atoms with E-state index in [1.807, 2.05) is 18.2 Å². The van der Waals surface area contributed by atoms with Crippen LogP contribution in [-0.2, 0) is 6.42 Å². The highest BCUT2D eigenvalue weighted by Crippen LogP contribution is 2.34. The molecular formula is C26H18ClN3O5. The molecule has 5 aromatic rings. The van der Waals surface area contributed by atoms with E-state index in [2.05, 4.69) is 17.2 Å². The molecule has 0 unspecified atom stereocenters. The number of aromatic nitrogens is 1. The molecule has 174 valence electrons. The number of oxazole rings is 1. The predicted octanol–water partition coefficient (Wildman–Crippen LogP) is 7.13. The molecule has 0 saturated heterocycles. The van der Waals surface area contributed by atoms with Crippen molar-refractivity contribution in [2.45, 2.75) is 13.3 Å². The molecule has 0 spiro atoms. The second-order valence-electron chi connectivity index (χ2n) is 7.76. The molecule has 2 aromatic heterocycles. The first-order chi connectivity index (χ1) is 16.9. The van der Waals surface area contributed by atoms with Gasteiger partial charge in [0.15, 0.2) is 11.3 Å². The lowest BCUT2D eigenvalue weighted by molar-refractivity contribution is -0.384. The Hall–Kier alpha value is -4.43. The van der Waals surface area contributed by atoms with Crippen molar-refractivity contribution in [3.63, 3.8) is 0 Å². The normalized spacial score (nSPS) is 11.0. The Kier molecular flexibility index (Phi) is 5.80. The van der Waals surface area contributed by atoms with Crippen LogP contribution in [0.3, 0.4) is 0 Å². The number of anilines is 1. The third kappa shape index (κ3) is 4.39. The van der Waals surface area contributed by atoms with Crippen LogP contribution in [0.5, 0.6) is 0 Å². The van der Waals surface area contributed by atoms with Crippen LogP contribution in [-0.4, -0.2) is 15.8 Å². The Morgan fingerprint density at radius 3 is 2.66 bits per heavy atom. The molecule has 0 saturated carbocycles. The second-order valence-corrected chi connectivity index (χ2v) is 8.17. The number of amides is 1. The van der Waals surface area contributed by atoms with E-state index in [4.69, 9.17) is 20.4 Å². The number of carbonyl (C=O) groups is 1. The number of nitro groups is 1. The summed E-state index contributed by atoms with van der Waals surface area (Å²) < 4.78 is 11.5. The zero-order valence-corrected chi connectivity index (χ0v) is 19.2. The van der Waals surface area contributed by atoms with Crippen molar-refractivity contribution in [1.82, 2.24) is 4.98 Å². The summed E-state index contributed by atoms with van der Waals surface area (Å²) in [5, 5.41) is 14.5. The van der Waals surface area contributed by atoms with Crippen LogP contribution in [0.2, 0.25) is 5.02 Å². The van der Waals surface area contributed by atoms with E-state index in [-0.39, 0.29) is 22.8 Å². The summed E-state index contributed by atoms with van der Waals surface area (Å²) in [7, 11) is 0. The zero-order valence-electron chi connectivity index (χ0n) is 18.4. The number of hydrogen-bond acceptors (Lipinski definition) is 6. The summed E-state index contributed by atoms with van der Waals surface area (Å²) in [6.45, 7) is 2.06. The Morgan fingerprint density at radius 1 is 1.03 bits per heavy atom. The number of furan rings is 1. The van der Waals surface area contributed by atoms with Gasteiger partial charge >= 0.3 is 0 Å². The van der Waals surface area contributed by atoms with Crippen LogP contribution in [0.15, 0.2) is 81.6 Å². The molecule has 3 aromatic carbocycles. The monoisotopic (exact) mass is 487 g/mol. The maximum atomic E-state index is 12.8. The van der Waals surface area contributed by atoms with Crippen LogP contribution >= 0.6 is 11.6 Å². The number of carbonyl (C=O) groups excluding carboxylic acids is 1. The molecule has 5 rings (SSSR count). The molecular weight excluding hydrogens is 470 g/mol. The van der Waals surface area contributed by atoms with Gasteiger partial charge in [-0.3, -0.25) is 14.9 Å². The Labute approximate surface area is 204 Å². The fraction of sp³-hybridized carbons (Fsp3) is 0.0769. The fourth-order valence-corrected chi connectivity index (χ4v) is 3.91. The highest BCUT2D eigenvalue weighted by Gasteiger charge is 2.20. The molecule has 0 aliphatic carbocycles. The topological polar surface area (TPSA) is 111 Å². The number of benzene rings is 3. The van der Waals surface area contributed by atoms with Gasteiger partial charge < -0.3 is 14.2 Å². The number of nitro benzene ring substituents is 1. The summed E-state index contributed by atoms with van der Waals surface area (Å²) in [5.74, 6) is 0.0417. The predicted molar refractivity (Wildman–Crippen MR) is 133 cm³/mol. The maximum absolute atomic E-state index is 12.8. The van der Waals surface area contributed by atoms with E-state index in [1.165, 1.54) is 18.2 Å². The van der Waals surface area contributed by atoms with Crippen LogP contribution in [0.25, 0.3) is 33.9 Å². The quantitative estimate of drug-likeness (QED) is 0.201. The molecule has 35 heavy (non-hydrogen) atoms. The van der Waals surface area contributed by atoms with Gasteiger partial charge in [-0.05, 0) is 60.5 Å². The lowest BCUT2D eigenvalue weighted by Crippen LogP contribution is -2.10. The average molecular weight is 488 g/mol. The van der Waals surface area contributed by atoms with Gasteiger partial charge in [-0.15, -0.1) is 0 Å². The molecule has 1 amide bonds. The number of para-hydroxylation sites is 1. The Morgan fingerprint density at radius 2 is 1.86 bits per heavy atom. The lowest BCUT2D eigenvalue weighted by Gasteiger charge is -2.06. The molecule has 9 heteroatoms. The minimum absolute atomic E-state index is 0.00334. The average Bonchev–Trinajstić information content (AvgIpc) is 3.52. The zero-order chi connectivity index (χ0) is 24.5. The fourth-order valence-electron chi connectivity index (χ4n) is 3.71. The number of nitrogens with one attached hydrogen (secondary N) is 1. The minimum Gasteiger partial charge on any atom is -0.451 e. The second kappa shape index (κ2) is 9.08. The largest absolute Gasteiger partial charge is 0.451 e. The Balaban J connectivity index is 1.41.